The van der Waals surface area contributed by atoms with Gasteiger partial charge in [0.1, 0.15) is 6.07 Å². The highest BCUT2D eigenvalue weighted by molar-refractivity contribution is 7.08. The van der Waals surface area contributed by atoms with E-state index in [0.717, 1.165) is 5.56 Å². The van der Waals surface area contributed by atoms with Crippen molar-refractivity contribution in [3.8, 4) is 6.07 Å². The molecule has 18 heavy (non-hydrogen) atoms. The first-order valence-electron chi connectivity index (χ1n) is 5.05. The Morgan fingerprint density at radius 3 is 2.78 bits per heavy atom. The van der Waals surface area contributed by atoms with Crippen LogP contribution in [-0.4, -0.2) is 0 Å². The fraction of sp³-hybridized carbons (Fsp3) is 0. The maximum Gasteiger partial charge on any atom is 0.101 e. The molecular weight excluding hydrogens is 287 g/mol. The van der Waals surface area contributed by atoms with Crippen LogP contribution in [0.2, 0.25) is 10.0 Å². The first-order chi connectivity index (χ1) is 8.70. The molecule has 0 aliphatic heterocycles. The van der Waals surface area contributed by atoms with Crippen molar-refractivity contribution in [2.45, 2.75) is 0 Å². The minimum Gasteiger partial charge on any atom is -0.359 e. The summed E-state index contributed by atoms with van der Waals surface area (Å²) < 4.78 is 0. The Bertz CT molecular complexity index is 612. The topological polar surface area (TPSA) is 35.8 Å². The number of allylic oxidation sites excluding steroid dienone is 1. The van der Waals surface area contributed by atoms with E-state index in [1.807, 2.05) is 16.8 Å². The zero-order valence-electron chi connectivity index (χ0n) is 9.15. The van der Waals surface area contributed by atoms with Crippen molar-refractivity contribution in [1.29, 1.82) is 5.26 Å². The van der Waals surface area contributed by atoms with Gasteiger partial charge in [-0.15, -0.1) is 0 Å². The average Bonchev–Trinajstić information content (AvgIpc) is 2.86. The van der Waals surface area contributed by atoms with Crippen LogP contribution < -0.4 is 5.32 Å². The molecule has 90 valence electrons. The molecule has 0 radical (unpaired) electrons. The molecule has 1 aromatic carbocycles. The summed E-state index contributed by atoms with van der Waals surface area (Å²) in [7, 11) is 0. The van der Waals surface area contributed by atoms with E-state index in [1.165, 1.54) is 0 Å². The standard InChI is InChI=1S/C13H8Cl2N2S/c14-11-1-2-13(12(15)5-11)17-7-10(6-16)9-3-4-18-8-9/h1-5,7-8,17H/b10-7-. The van der Waals surface area contributed by atoms with Gasteiger partial charge in [0.05, 0.1) is 16.3 Å². The number of anilines is 1. The van der Waals surface area contributed by atoms with E-state index in [4.69, 9.17) is 28.5 Å². The van der Waals surface area contributed by atoms with Crippen LogP contribution >= 0.6 is 34.5 Å². The third-order valence-electron chi connectivity index (χ3n) is 2.26. The molecule has 0 aliphatic carbocycles. The van der Waals surface area contributed by atoms with Crippen LogP contribution in [0.5, 0.6) is 0 Å². The Morgan fingerprint density at radius 1 is 1.33 bits per heavy atom. The van der Waals surface area contributed by atoms with Crippen molar-refractivity contribution in [2.75, 3.05) is 5.32 Å². The second kappa shape index (κ2) is 5.92. The van der Waals surface area contributed by atoms with Crippen LogP contribution in [0.15, 0.2) is 41.2 Å². The lowest BCUT2D eigenvalue weighted by Gasteiger charge is -2.04. The van der Waals surface area contributed by atoms with Crippen molar-refractivity contribution in [3.05, 3.63) is 56.8 Å². The van der Waals surface area contributed by atoms with E-state index in [-0.39, 0.29) is 0 Å². The first-order valence-corrected chi connectivity index (χ1v) is 6.75. The van der Waals surface area contributed by atoms with E-state index in [0.29, 0.717) is 21.3 Å². The summed E-state index contributed by atoms with van der Waals surface area (Å²) in [6, 6.07) is 9.19. The van der Waals surface area contributed by atoms with Gasteiger partial charge in [0.2, 0.25) is 0 Å². The predicted octanol–water partition coefficient (Wildman–Crippen LogP) is 5.03. The maximum atomic E-state index is 9.08. The average molecular weight is 295 g/mol. The van der Waals surface area contributed by atoms with Crippen LogP contribution in [0.3, 0.4) is 0 Å². The number of thiophene rings is 1. The Labute approximate surface area is 119 Å². The normalized spacial score (nSPS) is 11.1. The van der Waals surface area contributed by atoms with Gasteiger partial charge in [-0.1, -0.05) is 23.2 Å². The fourth-order valence-electron chi connectivity index (χ4n) is 1.35. The molecule has 5 heteroatoms. The lowest BCUT2D eigenvalue weighted by molar-refractivity contribution is 1.52. The Kier molecular flexibility index (Phi) is 4.27. The number of nitrogens with one attached hydrogen (secondary N) is 1. The second-order valence-corrected chi connectivity index (χ2v) is 5.07. The highest BCUT2D eigenvalue weighted by atomic mass is 35.5. The Morgan fingerprint density at radius 2 is 2.17 bits per heavy atom. The summed E-state index contributed by atoms with van der Waals surface area (Å²) in [6.45, 7) is 0. The lowest BCUT2D eigenvalue weighted by Crippen LogP contribution is -1.91. The molecule has 1 N–H and O–H groups in total. The van der Waals surface area contributed by atoms with Crippen molar-refractivity contribution in [2.24, 2.45) is 0 Å². The zero-order chi connectivity index (χ0) is 13.0. The van der Waals surface area contributed by atoms with E-state index >= 15 is 0 Å². The van der Waals surface area contributed by atoms with E-state index in [2.05, 4.69) is 11.4 Å². The zero-order valence-corrected chi connectivity index (χ0v) is 11.5. The number of halogens is 2. The minimum atomic E-state index is 0.515. The molecule has 0 spiro atoms. The molecule has 0 saturated carbocycles. The molecule has 2 rings (SSSR count). The lowest BCUT2D eigenvalue weighted by atomic mass is 10.2. The van der Waals surface area contributed by atoms with Crippen molar-refractivity contribution < 1.29 is 0 Å². The van der Waals surface area contributed by atoms with Gasteiger partial charge < -0.3 is 5.32 Å². The van der Waals surface area contributed by atoms with E-state index < -0.39 is 0 Å². The number of nitriles is 1. The van der Waals surface area contributed by atoms with Gasteiger partial charge in [-0.3, -0.25) is 0 Å². The molecular formula is C13H8Cl2N2S. The van der Waals surface area contributed by atoms with Crippen LogP contribution in [0.4, 0.5) is 5.69 Å². The van der Waals surface area contributed by atoms with Crippen LogP contribution in [-0.2, 0) is 0 Å². The molecule has 0 bridgehead atoms. The van der Waals surface area contributed by atoms with Gasteiger partial charge in [0.15, 0.2) is 0 Å². The molecule has 1 heterocycles. The number of benzene rings is 1. The van der Waals surface area contributed by atoms with E-state index in [9.17, 15) is 0 Å². The number of hydrogen-bond donors (Lipinski definition) is 1. The van der Waals surface area contributed by atoms with Crippen LogP contribution in [0, 0.1) is 11.3 Å². The van der Waals surface area contributed by atoms with Crippen molar-refractivity contribution in [3.63, 3.8) is 0 Å². The number of hydrogen-bond acceptors (Lipinski definition) is 3. The summed E-state index contributed by atoms with van der Waals surface area (Å²) >= 11 is 13.4. The monoisotopic (exact) mass is 294 g/mol. The summed E-state index contributed by atoms with van der Waals surface area (Å²) in [6.07, 6.45) is 1.64. The third kappa shape index (κ3) is 3.05. The van der Waals surface area contributed by atoms with Gasteiger partial charge in [-0.2, -0.15) is 16.6 Å². The molecule has 0 unspecified atom stereocenters. The first kappa shape index (κ1) is 13.0. The summed E-state index contributed by atoms with van der Waals surface area (Å²) in [5.74, 6) is 0. The van der Waals surface area contributed by atoms with Crippen LogP contribution in [0.25, 0.3) is 5.57 Å². The quantitative estimate of drug-likeness (QED) is 0.806. The second-order valence-electron chi connectivity index (χ2n) is 3.45. The van der Waals surface area contributed by atoms with E-state index in [1.54, 1.807) is 35.7 Å². The number of nitrogens with zero attached hydrogens (tertiary/aromatic N) is 1. The molecule has 0 amide bonds. The Balaban J connectivity index is 2.22. The highest BCUT2D eigenvalue weighted by Gasteiger charge is 2.02. The van der Waals surface area contributed by atoms with Crippen LogP contribution in [0.1, 0.15) is 5.56 Å². The van der Waals surface area contributed by atoms with Gasteiger partial charge >= 0.3 is 0 Å². The third-order valence-corrected chi connectivity index (χ3v) is 3.49. The Hall–Kier alpha value is -1.47. The number of rotatable bonds is 3. The van der Waals surface area contributed by atoms with Crippen molar-refractivity contribution in [1.82, 2.24) is 0 Å². The minimum absolute atomic E-state index is 0.515. The van der Waals surface area contributed by atoms with Gasteiger partial charge in [0.25, 0.3) is 0 Å². The summed E-state index contributed by atoms with van der Waals surface area (Å²) in [5.41, 5.74) is 2.16. The van der Waals surface area contributed by atoms with Gasteiger partial charge in [-0.25, -0.2) is 0 Å². The summed E-state index contributed by atoms with van der Waals surface area (Å²) in [5, 5.41) is 17.0. The predicted molar refractivity (Wildman–Crippen MR) is 78.0 cm³/mol. The van der Waals surface area contributed by atoms with Crippen molar-refractivity contribution >= 4 is 45.8 Å². The highest BCUT2D eigenvalue weighted by Crippen LogP contribution is 2.26. The molecule has 0 fully saturated rings. The SMILES string of the molecule is N#C/C(=C/Nc1ccc(Cl)cc1Cl)c1ccsc1. The molecule has 1 aromatic heterocycles. The largest absolute Gasteiger partial charge is 0.359 e. The smallest absolute Gasteiger partial charge is 0.101 e. The van der Waals surface area contributed by atoms with Gasteiger partial charge in [0, 0.05) is 16.8 Å². The molecule has 0 aliphatic rings. The molecule has 0 atom stereocenters. The molecule has 2 nitrogen and oxygen atoms in total. The maximum absolute atomic E-state index is 9.08. The molecule has 0 saturated heterocycles. The van der Waals surface area contributed by atoms with Gasteiger partial charge in [-0.05, 0) is 35.0 Å². The fourth-order valence-corrected chi connectivity index (χ4v) is 2.47. The summed E-state index contributed by atoms with van der Waals surface area (Å²) in [4.78, 5) is 0. The molecule has 2 aromatic rings.